The fourth-order valence-electron chi connectivity index (χ4n) is 1.91. The molecule has 2 aromatic rings. The molecule has 5 heteroatoms. The van der Waals surface area contributed by atoms with Crippen molar-refractivity contribution in [2.24, 2.45) is 5.92 Å². The summed E-state index contributed by atoms with van der Waals surface area (Å²) in [4.78, 5) is 0. The van der Waals surface area contributed by atoms with Gasteiger partial charge < -0.3 is 10.1 Å². The zero-order chi connectivity index (χ0) is 15.1. The molecule has 0 saturated heterocycles. The molecule has 1 aromatic heterocycles. The van der Waals surface area contributed by atoms with E-state index in [-0.39, 0.29) is 0 Å². The summed E-state index contributed by atoms with van der Waals surface area (Å²) in [6, 6.07) is 8.06. The van der Waals surface area contributed by atoms with Gasteiger partial charge in [0.05, 0.1) is 12.2 Å². The molecule has 1 aromatic carbocycles. The van der Waals surface area contributed by atoms with Crippen molar-refractivity contribution in [3.63, 3.8) is 0 Å². The fraction of sp³-hybridized carbons (Fsp3) is 0.500. The molecule has 0 aliphatic heterocycles. The third-order valence-corrected chi connectivity index (χ3v) is 3.05. The molecule has 21 heavy (non-hydrogen) atoms. The molecular weight excluding hydrogens is 264 g/mol. The number of aromatic nitrogens is 3. The van der Waals surface area contributed by atoms with Crippen LogP contribution in [0.2, 0.25) is 0 Å². The molecule has 0 amide bonds. The minimum atomic E-state index is 0.589. The SMILES string of the molecule is Cc1ccc(OCCn2cc(CNCC(C)C)nn2)cc1. The topological polar surface area (TPSA) is 52.0 Å². The molecule has 0 saturated carbocycles. The van der Waals surface area contributed by atoms with Crippen molar-refractivity contribution in [2.45, 2.75) is 33.9 Å². The second kappa shape index (κ2) is 7.78. The molecule has 0 aliphatic rings. The molecule has 0 bridgehead atoms. The molecule has 0 spiro atoms. The van der Waals surface area contributed by atoms with Crippen molar-refractivity contribution in [3.8, 4) is 5.75 Å². The number of nitrogens with one attached hydrogen (secondary N) is 1. The van der Waals surface area contributed by atoms with Gasteiger partial charge in [0.2, 0.25) is 0 Å². The van der Waals surface area contributed by atoms with Crippen LogP contribution in [0.1, 0.15) is 25.1 Å². The van der Waals surface area contributed by atoms with E-state index in [1.54, 1.807) is 0 Å². The lowest BCUT2D eigenvalue weighted by atomic mass is 10.2. The minimum absolute atomic E-state index is 0.589. The zero-order valence-electron chi connectivity index (χ0n) is 13.0. The average Bonchev–Trinajstić information content (AvgIpc) is 2.88. The highest BCUT2D eigenvalue weighted by Crippen LogP contribution is 2.11. The van der Waals surface area contributed by atoms with Gasteiger partial charge in [0, 0.05) is 12.7 Å². The number of aryl methyl sites for hydroxylation is 1. The lowest BCUT2D eigenvalue weighted by Gasteiger charge is -2.06. The molecule has 5 nitrogen and oxygen atoms in total. The summed E-state index contributed by atoms with van der Waals surface area (Å²) in [6.45, 7) is 9.48. The lowest BCUT2D eigenvalue weighted by Crippen LogP contribution is -2.19. The first-order valence-corrected chi connectivity index (χ1v) is 7.42. The van der Waals surface area contributed by atoms with Crippen molar-refractivity contribution in [1.29, 1.82) is 0 Å². The maximum absolute atomic E-state index is 5.68. The minimum Gasteiger partial charge on any atom is -0.492 e. The molecule has 0 fully saturated rings. The first kappa shape index (κ1) is 15.5. The Balaban J connectivity index is 1.71. The van der Waals surface area contributed by atoms with Crippen LogP contribution in [0.5, 0.6) is 5.75 Å². The van der Waals surface area contributed by atoms with E-state index in [9.17, 15) is 0 Å². The van der Waals surface area contributed by atoms with Crippen molar-refractivity contribution in [2.75, 3.05) is 13.2 Å². The van der Waals surface area contributed by atoms with Crippen LogP contribution >= 0.6 is 0 Å². The van der Waals surface area contributed by atoms with E-state index >= 15 is 0 Å². The summed E-state index contributed by atoms with van der Waals surface area (Å²) >= 11 is 0. The Hall–Kier alpha value is -1.88. The van der Waals surface area contributed by atoms with Crippen LogP contribution in [0, 0.1) is 12.8 Å². The fourth-order valence-corrected chi connectivity index (χ4v) is 1.91. The molecule has 114 valence electrons. The van der Waals surface area contributed by atoms with Crippen molar-refractivity contribution < 1.29 is 4.74 Å². The van der Waals surface area contributed by atoms with Crippen molar-refractivity contribution >= 4 is 0 Å². The zero-order valence-corrected chi connectivity index (χ0v) is 13.0. The Morgan fingerprint density at radius 1 is 1.24 bits per heavy atom. The second-order valence-electron chi connectivity index (χ2n) is 5.66. The Kier molecular flexibility index (Phi) is 5.75. The lowest BCUT2D eigenvalue weighted by molar-refractivity contribution is 0.289. The van der Waals surface area contributed by atoms with Crippen LogP contribution in [0.3, 0.4) is 0 Å². The molecule has 0 radical (unpaired) electrons. The number of hydrogen-bond donors (Lipinski definition) is 1. The normalized spacial score (nSPS) is 11.0. The van der Waals surface area contributed by atoms with Gasteiger partial charge in [-0.1, -0.05) is 36.8 Å². The number of rotatable bonds is 8. The quantitative estimate of drug-likeness (QED) is 0.810. The summed E-state index contributed by atoms with van der Waals surface area (Å²) < 4.78 is 7.50. The van der Waals surface area contributed by atoms with E-state index in [2.05, 4.69) is 36.4 Å². The number of hydrogen-bond acceptors (Lipinski definition) is 4. The van der Waals surface area contributed by atoms with Crippen LogP contribution in [0.25, 0.3) is 0 Å². The maximum Gasteiger partial charge on any atom is 0.119 e. The summed E-state index contributed by atoms with van der Waals surface area (Å²) in [7, 11) is 0. The van der Waals surface area contributed by atoms with Gasteiger partial charge in [-0.15, -0.1) is 5.10 Å². The molecule has 0 unspecified atom stereocenters. The van der Waals surface area contributed by atoms with Gasteiger partial charge in [-0.05, 0) is 31.5 Å². The highest BCUT2D eigenvalue weighted by Gasteiger charge is 2.01. The monoisotopic (exact) mass is 288 g/mol. The van der Waals surface area contributed by atoms with E-state index in [4.69, 9.17) is 4.74 Å². The third-order valence-electron chi connectivity index (χ3n) is 3.05. The Morgan fingerprint density at radius 3 is 2.71 bits per heavy atom. The molecule has 1 heterocycles. The van der Waals surface area contributed by atoms with E-state index in [0.29, 0.717) is 19.1 Å². The highest BCUT2D eigenvalue weighted by atomic mass is 16.5. The summed E-state index contributed by atoms with van der Waals surface area (Å²) in [5.41, 5.74) is 2.20. The van der Waals surface area contributed by atoms with E-state index in [1.807, 2.05) is 35.1 Å². The van der Waals surface area contributed by atoms with Crippen LogP contribution in [-0.2, 0) is 13.1 Å². The van der Waals surface area contributed by atoms with Crippen molar-refractivity contribution in [1.82, 2.24) is 20.3 Å². The first-order chi connectivity index (χ1) is 10.1. The maximum atomic E-state index is 5.68. The van der Waals surface area contributed by atoms with Crippen LogP contribution in [0.15, 0.2) is 30.5 Å². The van der Waals surface area contributed by atoms with Gasteiger partial charge in [-0.3, -0.25) is 0 Å². The third kappa shape index (κ3) is 5.55. The Bertz CT molecular complexity index is 533. The van der Waals surface area contributed by atoms with Gasteiger partial charge >= 0.3 is 0 Å². The summed E-state index contributed by atoms with van der Waals surface area (Å²) in [5, 5.41) is 11.6. The predicted molar refractivity (Wildman–Crippen MR) is 83.2 cm³/mol. The standard InChI is InChI=1S/C16H24N4O/c1-13(2)10-17-11-15-12-20(19-18-15)8-9-21-16-6-4-14(3)5-7-16/h4-7,12-13,17H,8-11H2,1-3H3. The van der Waals surface area contributed by atoms with Crippen LogP contribution in [-0.4, -0.2) is 28.1 Å². The molecule has 0 aliphatic carbocycles. The average molecular weight is 288 g/mol. The van der Waals surface area contributed by atoms with Gasteiger partial charge in [-0.25, -0.2) is 4.68 Å². The summed E-state index contributed by atoms with van der Waals surface area (Å²) in [5.74, 6) is 1.53. The van der Waals surface area contributed by atoms with Gasteiger partial charge in [-0.2, -0.15) is 0 Å². The van der Waals surface area contributed by atoms with E-state index in [0.717, 1.165) is 24.5 Å². The summed E-state index contributed by atoms with van der Waals surface area (Å²) in [6.07, 6.45) is 1.96. The number of nitrogens with zero attached hydrogens (tertiary/aromatic N) is 3. The number of benzene rings is 1. The van der Waals surface area contributed by atoms with Crippen LogP contribution < -0.4 is 10.1 Å². The van der Waals surface area contributed by atoms with Gasteiger partial charge in [0.25, 0.3) is 0 Å². The Morgan fingerprint density at radius 2 is 2.00 bits per heavy atom. The second-order valence-corrected chi connectivity index (χ2v) is 5.66. The molecule has 0 atom stereocenters. The smallest absolute Gasteiger partial charge is 0.119 e. The largest absolute Gasteiger partial charge is 0.492 e. The van der Waals surface area contributed by atoms with Gasteiger partial charge in [0.1, 0.15) is 12.4 Å². The van der Waals surface area contributed by atoms with E-state index < -0.39 is 0 Å². The van der Waals surface area contributed by atoms with Gasteiger partial charge in [0.15, 0.2) is 0 Å². The van der Waals surface area contributed by atoms with E-state index in [1.165, 1.54) is 5.56 Å². The molecule has 1 N–H and O–H groups in total. The molecule has 2 rings (SSSR count). The molecular formula is C16H24N4O. The predicted octanol–water partition coefficient (Wildman–Crippen LogP) is 2.41. The van der Waals surface area contributed by atoms with Crippen LogP contribution in [0.4, 0.5) is 0 Å². The Labute approximate surface area is 126 Å². The first-order valence-electron chi connectivity index (χ1n) is 7.42. The van der Waals surface area contributed by atoms with Crippen molar-refractivity contribution in [3.05, 3.63) is 41.7 Å². The highest BCUT2D eigenvalue weighted by molar-refractivity contribution is 5.26. The number of ether oxygens (including phenoxy) is 1.